The molecule has 0 saturated carbocycles. The van der Waals surface area contributed by atoms with Crippen LogP contribution in [0.1, 0.15) is 19.7 Å². The number of halogens is 2. The van der Waals surface area contributed by atoms with Gasteiger partial charge in [-0.25, -0.2) is 9.97 Å². The van der Waals surface area contributed by atoms with Crippen LogP contribution in [0.15, 0.2) is 12.3 Å². The maximum Gasteiger partial charge on any atom is 0.160 e. The standard InChI is InChI=1S/C14H19Cl2N3O/c1-10(2)9-20-6-5-19-13(3-4-15)18-12-7-11(16)8-17-14(12)19/h7-8,10H,3-6,9H2,1-2H3. The summed E-state index contributed by atoms with van der Waals surface area (Å²) in [4.78, 5) is 8.92. The number of fused-ring (bicyclic) bond motifs is 1. The highest BCUT2D eigenvalue weighted by Crippen LogP contribution is 2.18. The number of imidazole rings is 1. The van der Waals surface area contributed by atoms with Crippen molar-refractivity contribution >= 4 is 34.4 Å². The van der Waals surface area contributed by atoms with Gasteiger partial charge in [0.15, 0.2) is 5.65 Å². The molecule has 4 nitrogen and oxygen atoms in total. The molecule has 2 rings (SSSR count). The van der Waals surface area contributed by atoms with E-state index in [9.17, 15) is 0 Å². The van der Waals surface area contributed by atoms with Crippen LogP contribution in [0, 0.1) is 5.92 Å². The lowest BCUT2D eigenvalue weighted by molar-refractivity contribution is 0.103. The van der Waals surface area contributed by atoms with Crippen LogP contribution in [-0.2, 0) is 17.7 Å². The van der Waals surface area contributed by atoms with Gasteiger partial charge in [-0.05, 0) is 12.0 Å². The van der Waals surface area contributed by atoms with Gasteiger partial charge in [0.1, 0.15) is 11.3 Å². The maximum atomic E-state index is 5.96. The minimum atomic E-state index is 0.532. The van der Waals surface area contributed by atoms with Gasteiger partial charge >= 0.3 is 0 Å². The van der Waals surface area contributed by atoms with E-state index >= 15 is 0 Å². The number of rotatable bonds is 7. The Bertz CT molecular complexity index is 569. The van der Waals surface area contributed by atoms with Crippen LogP contribution in [-0.4, -0.2) is 33.6 Å². The van der Waals surface area contributed by atoms with Crippen LogP contribution in [0.4, 0.5) is 0 Å². The van der Waals surface area contributed by atoms with Gasteiger partial charge in [0.2, 0.25) is 0 Å². The Hall–Kier alpha value is -0.840. The van der Waals surface area contributed by atoms with Crippen molar-refractivity contribution in [3.8, 4) is 0 Å². The first-order chi connectivity index (χ1) is 9.61. The zero-order chi connectivity index (χ0) is 14.5. The van der Waals surface area contributed by atoms with E-state index in [0.29, 0.717) is 29.8 Å². The van der Waals surface area contributed by atoms with Crippen molar-refractivity contribution in [1.82, 2.24) is 14.5 Å². The topological polar surface area (TPSA) is 39.9 Å². The molecule has 0 unspecified atom stereocenters. The number of ether oxygens (including phenoxy) is 1. The summed E-state index contributed by atoms with van der Waals surface area (Å²) in [5.74, 6) is 2.00. The lowest BCUT2D eigenvalue weighted by atomic mass is 10.2. The quantitative estimate of drug-likeness (QED) is 0.579. The van der Waals surface area contributed by atoms with E-state index in [0.717, 1.165) is 30.1 Å². The van der Waals surface area contributed by atoms with Crippen molar-refractivity contribution in [2.24, 2.45) is 5.92 Å². The van der Waals surface area contributed by atoms with Crippen LogP contribution < -0.4 is 0 Å². The van der Waals surface area contributed by atoms with E-state index in [-0.39, 0.29) is 0 Å². The number of nitrogens with zero attached hydrogens (tertiary/aromatic N) is 3. The van der Waals surface area contributed by atoms with E-state index in [1.54, 1.807) is 6.20 Å². The van der Waals surface area contributed by atoms with Gasteiger partial charge in [-0.15, -0.1) is 11.6 Å². The largest absolute Gasteiger partial charge is 0.379 e. The average molecular weight is 316 g/mol. The van der Waals surface area contributed by atoms with Gasteiger partial charge in [0, 0.05) is 31.6 Å². The fraction of sp³-hybridized carbons (Fsp3) is 0.571. The predicted molar refractivity (Wildman–Crippen MR) is 82.6 cm³/mol. The summed E-state index contributed by atoms with van der Waals surface area (Å²) < 4.78 is 7.70. The Labute approximate surface area is 129 Å². The van der Waals surface area contributed by atoms with Crippen molar-refractivity contribution in [2.75, 3.05) is 19.1 Å². The minimum Gasteiger partial charge on any atom is -0.379 e. The van der Waals surface area contributed by atoms with Gasteiger partial charge in [-0.1, -0.05) is 25.4 Å². The molecule has 0 atom stereocenters. The zero-order valence-corrected chi connectivity index (χ0v) is 13.3. The smallest absolute Gasteiger partial charge is 0.160 e. The summed E-state index contributed by atoms with van der Waals surface area (Å²) in [6.45, 7) is 6.40. The summed E-state index contributed by atoms with van der Waals surface area (Å²) in [5, 5.41) is 0.593. The Kier molecular flexibility index (Phi) is 5.64. The molecule has 0 fully saturated rings. The SMILES string of the molecule is CC(C)COCCn1c(CCCl)nc2cc(Cl)cnc21. The van der Waals surface area contributed by atoms with Crippen molar-refractivity contribution in [3.05, 3.63) is 23.1 Å². The number of aryl methyl sites for hydroxylation is 1. The molecule has 0 aromatic carbocycles. The van der Waals surface area contributed by atoms with E-state index < -0.39 is 0 Å². The van der Waals surface area contributed by atoms with Gasteiger partial charge in [-0.3, -0.25) is 0 Å². The molecule has 0 spiro atoms. The molecule has 110 valence electrons. The molecule has 2 aromatic rings. The molecule has 0 N–H and O–H groups in total. The normalized spacial score (nSPS) is 11.7. The van der Waals surface area contributed by atoms with Gasteiger partial charge in [0.25, 0.3) is 0 Å². The third-order valence-corrected chi connectivity index (χ3v) is 3.25. The third kappa shape index (κ3) is 3.84. The number of pyridine rings is 1. The van der Waals surface area contributed by atoms with Gasteiger partial charge in [-0.2, -0.15) is 0 Å². The van der Waals surface area contributed by atoms with E-state index in [2.05, 4.69) is 28.4 Å². The number of hydrogen-bond donors (Lipinski definition) is 0. The Morgan fingerprint density at radius 2 is 2.20 bits per heavy atom. The van der Waals surface area contributed by atoms with Crippen LogP contribution >= 0.6 is 23.2 Å². The Morgan fingerprint density at radius 3 is 2.90 bits per heavy atom. The maximum absolute atomic E-state index is 5.96. The average Bonchev–Trinajstić information content (AvgIpc) is 2.72. The molecule has 6 heteroatoms. The van der Waals surface area contributed by atoms with E-state index in [4.69, 9.17) is 27.9 Å². The molecule has 2 heterocycles. The summed E-state index contributed by atoms with van der Waals surface area (Å²) in [6.07, 6.45) is 2.35. The fourth-order valence-corrected chi connectivity index (χ4v) is 2.34. The first-order valence-corrected chi connectivity index (χ1v) is 7.67. The van der Waals surface area contributed by atoms with Crippen LogP contribution in [0.5, 0.6) is 0 Å². The molecule has 2 aromatic heterocycles. The molecule has 0 bridgehead atoms. The second-order valence-electron chi connectivity index (χ2n) is 5.08. The molecule has 0 aliphatic carbocycles. The number of aromatic nitrogens is 3. The molecular weight excluding hydrogens is 297 g/mol. The number of alkyl halides is 1. The molecule has 0 saturated heterocycles. The number of hydrogen-bond acceptors (Lipinski definition) is 3. The summed E-state index contributed by atoms with van der Waals surface area (Å²) >= 11 is 11.8. The molecule has 20 heavy (non-hydrogen) atoms. The first-order valence-electron chi connectivity index (χ1n) is 6.76. The predicted octanol–water partition coefficient (Wildman–Crippen LogP) is 3.54. The summed E-state index contributed by atoms with van der Waals surface area (Å²) in [7, 11) is 0. The van der Waals surface area contributed by atoms with Crippen molar-refractivity contribution in [2.45, 2.75) is 26.8 Å². The molecular formula is C14H19Cl2N3O. The molecule has 0 amide bonds. The lowest BCUT2D eigenvalue weighted by Gasteiger charge is -2.10. The monoisotopic (exact) mass is 315 g/mol. The molecule has 0 radical (unpaired) electrons. The van der Waals surface area contributed by atoms with Crippen LogP contribution in [0.25, 0.3) is 11.2 Å². The highest BCUT2D eigenvalue weighted by atomic mass is 35.5. The van der Waals surface area contributed by atoms with Crippen LogP contribution in [0.2, 0.25) is 5.02 Å². The molecule has 0 aliphatic rings. The second-order valence-corrected chi connectivity index (χ2v) is 5.90. The fourth-order valence-electron chi connectivity index (χ4n) is 2.02. The summed E-state index contributed by atoms with van der Waals surface area (Å²) in [6, 6.07) is 1.83. The van der Waals surface area contributed by atoms with Gasteiger partial charge < -0.3 is 9.30 Å². The lowest BCUT2D eigenvalue weighted by Crippen LogP contribution is -2.12. The molecule has 0 aliphatic heterocycles. The first kappa shape index (κ1) is 15.5. The highest BCUT2D eigenvalue weighted by molar-refractivity contribution is 6.31. The third-order valence-electron chi connectivity index (χ3n) is 2.86. The van der Waals surface area contributed by atoms with Crippen molar-refractivity contribution < 1.29 is 4.74 Å². The van der Waals surface area contributed by atoms with Crippen LogP contribution in [0.3, 0.4) is 0 Å². The summed E-state index contributed by atoms with van der Waals surface area (Å²) in [5.41, 5.74) is 1.64. The van der Waals surface area contributed by atoms with E-state index in [1.165, 1.54) is 0 Å². The Morgan fingerprint density at radius 1 is 1.40 bits per heavy atom. The minimum absolute atomic E-state index is 0.532. The zero-order valence-electron chi connectivity index (χ0n) is 11.8. The van der Waals surface area contributed by atoms with E-state index in [1.807, 2.05) is 6.07 Å². The Balaban J connectivity index is 2.17. The van der Waals surface area contributed by atoms with Crippen molar-refractivity contribution in [1.29, 1.82) is 0 Å². The van der Waals surface area contributed by atoms with Gasteiger partial charge in [0.05, 0.1) is 11.6 Å². The van der Waals surface area contributed by atoms with Crippen molar-refractivity contribution in [3.63, 3.8) is 0 Å². The highest BCUT2D eigenvalue weighted by Gasteiger charge is 2.12. The second kappa shape index (κ2) is 7.25.